The number of amides is 1. The van der Waals surface area contributed by atoms with Crippen molar-refractivity contribution in [2.24, 2.45) is 0 Å². The van der Waals surface area contributed by atoms with Gasteiger partial charge in [0, 0.05) is 6.07 Å². The third-order valence-corrected chi connectivity index (χ3v) is 7.18. The molecular formula is C24H32N2O5S. The van der Waals surface area contributed by atoms with Gasteiger partial charge in [-0.15, -0.1) is 0 Å². The van der Waals surface area contributed by atoms with Crippen molar-refractivity contribution < 1.29 is 22.7 Å². The van der Waals surface area contributed by atoms with Crippen molar-refractivity contribution in [3.05, 3.63) is 53.1 Å². The monoisotopic (exact) mass is 460 g/mol. The minimum Gasteiger partial charge on any atom is -0.493 e. The number of hydrogen-bond acceptors (Lipinski definition) is 5. The van der Waals surface area contributed by atoms with Crippen LogP contribution in [0.25, 0.3) is 0 Å². The molecule has 0 saturated carbocycles. The molecule has 2 aromatic rings. The molecule has 32 heavy (non-hydrogen) atoms. The van der Waals surface area contributed by atoms with Gasteiger partial charge in [0.2, 0.25) is 15.9 Å². The topological polar surface area (TPSA) is 84.9 Å². The van der Waals surface area contributed by atoms with Crippen LogP contribution in [0.3, 0.4) is 0 Å². The lowest BCUT2D eigenvalue weighted by Gasteiger charge is -2.30. The Labute approximate surface area is 190 Å². The SMILES string of the molecule is COc1ccc(N([C@H](C)C(=O)N[C@@H](C)c2ccc3c(c2)CCCC3)S(C)(=O)=O)cc1OC. The summed E-state index contributed by atoms with van der Waals surface area (Å²) < 4.78 is 36.9. The maximum atomic E-state index is 13.1. The molecule has 1 aliphatic carbocycles. The average Bonchev–Trinajstić information content (AvgIpc) is 2.77. The Morgan fingerprint density at radius 2 is 1.62 bits per heavy atom. The lowest BCUT2D eigenvalue weighted by Crippen LogP contribution is -2.48. The first-order chi connectivity index (χ1) is 15.2. The number of ether oxygens (including phenoxy) is 2. The van der Waals surface area contributed by atoms with E-state index >= 15 is 0 Å². The van der Waals surface area contributed by atoms with E-state index in [1.807, 2.05) is 13.0 Å². The zero-order valence-electron chi connectivity index (χ0n) is 19.3. The van der Waals surface area contributed by atoms with E-state index < -0.39 is 16.1 Å². The second-order valence-corrected chi connectivity index (χ2v) is 10.1. The van der Waals surface area contributed by atoms with Crippen LogP contribution in [0.4, 0.5) is 5.69 Å². The van der Waals surface area contributed by atoms with Crippen molar-refractivity contribution in [3.8, 4) is 11.5 Å². The average molecular weight is 461 g/mol. The molecule has 2 aromatic carbocycles. The molecule has 0 saturated heterocycles. The molecule has 0 aliphatic heterocycles. The number of fused-ring (bicyclic) bond motifs is 1. The van der Waals surface area contributed by atoms with Gasteiger partial charge in [0.25, 0.3) is 0 Å². The Balaban J connectivity index is 1.82. The van der Waals surface area contributed by atoms with Gasteiger partial charge < -0.3 is 14.8 Å². The fourth-order valence-electron chi connectivity index (χ4n) is 4.21. The van der Waals surface area contributed by atoms with Gasteiger partial charge >= 0.3 is 0 Å². The molecule has 7 nitrogen and oxygen atoms in total. The first-order valence-corrected chi connectivity index (χ1v) is 12.6. The number of carbonyl (C=O) groups excluding carboxylic acids is 1. The molecule has 8 heteroatoms. The zero-order valence-corrected chi connectivity index (χ0v) is 20.2. The number of nitrogens with one attached hydrogen (secondary N) is 1. The lowest BCUT2D eigenvalue weighted by atomic mass is 9.89. The minimum atomic E-state index is -3.74. The Kier molecular flexibility index (Phi) is 7.33. The Bertz CT molecular complexity index is 1080. The molecule has 1 amide bonds. The number of sulfonamides is 1. The standard InChI is InChI=1S/C24H32N2O5S/c1-16(19-11-10-18-8-6-7-9-20(18)14-19)25-24(27)17(2)26(32(5,28)29)21-12-13-22(30-3)23(15-21)31-4/h10-17H,6-9H2,1-5H3,(H,25,27)/t16-,17+/m0/s1. The molecule has 1 aliphatic rings. The molecule has 0 aromatic heterocycles. The molecule has 0 unspecified atom stereocenters. The highest BCUT2D eigenvalue weighted by Gasteiger charge is 2.30. The summed E-state index contributed by atoms with van der Waals surface area (Å²) in [5.41, 5.74) is 4.06. The van der Waals surface area contributed by atoms with Gasteiger partial charge in [-0.25, -0.2) is 8.42 Å². The maximum absolute atomic E-state index is 13.1. The van der Waals surface area contributed by atoms with E-state index in [9.17, 15) is 13.2 Å². The van der Waals surface area contributed by atoms with Crippen LogP contribution in [0.2, 0.25) is 0 Å². The van der Waals surface area contributed by atoms with Crippen molar-refractivity contribution in [1.82, 2.24) is 5.32 Å². The highest BCUT2D eigenvalue weighted by atomic mass is 32.2. The van der Waals surface area contributed by atoms with Gasteiger partial charge in [0.15, 0.2) is 11.5 Å². The second-order valence-electron chi connectivity index (χ2n) is 8.24. The first kappa shape index (κ1) is 23.9. The van der Waals surface area contributed by atoms with Crippen LogP contribution in [0.5, 0.6) is 11.5 Å². The van der Waals surface area contributed by atoms with Crippen LogP contribution < -0.4 is 19.1 Å². The van der Waals surface area contributed by atoms with Crippen molar-refractivity contribution >= 4 is 21.6 Å². The predicted octanol–water partition coefficient (Wildman–Crippen LogP) is 3.61. The van der Waals surface area contributed by atoms with Gasteiger partial charge in [-0.2, -0.15) is 0 Å². The highest BCUT2D eigenvalue weighted by Crippen LogP contribution is 2.33. The van der Waals surface area contributed by atoms with Crippen molar-refractivity contribution in [2.45, 2.75) is 51.6 Å². The molecular weight excluding hydrogens is 428 g/mol. The third kappa shape index (κ3) is 5.18. The number of methoxy groups -OCH3 is 2. The van der Waals surface area contributed by atoms with E-state index in [0.717, 1.165) is 29.0 Å². The van der Waals surface area contributed by atoms with Crippen molar-refractivity contribution in [3.63, 3.8) is 0 Å². The molecule has 0 spiro atoms. The van der Waals surface area contributed by atoms with Crippen molar-refractivity contribution in [2.75, 3.05) is 24.8 Å². The van der Waals surface area contributed by atoms with Gasteiger partial charge in [0.1, 0.15) is 6.04 Å². The molecule has 0 heterocycles. The summed E-state index contributed by atoms with van der Waals surface area (Å²) in [4.78, 5) is 13.1. The van der Waals surface area contributed by atoms with Gasteiger partial charge in [-0.3, -0.25) is 9.10 Å². The van der Waals surface area contributed by atoms with Crippen LogP contribution in [0.1, 0.15) is 49.4 Å². The van der Waals surface area contributed by atoms with E-state index in [4.69, 9.17) is 9.47 Å². The normalized spacial score (nSPS) is 15.3. The van der Waals surface area contributed by atoms with E-state index in [1.54, 1.807) is 25.1 Å². The molecule has 0 bridgehead atoms. The summed E-state index contributed by atoms with van der Waals surface area (Å²) in [5.74, 6) is 0.479. The fourth-order valence-corrected chi connectivity index (χ4v) is 5.38. The van der Waals surface area contributed by atoms with E-state index in [2.05, 4.69) is 17.4 Å². The number of hydrogen-bond donors (Lipinski definition) is 1. The second kappa shape index (κ2) is 9.81. The molecule has 0 radical (unpaired) electrons. The molecule has 1 N–H and O–H groups in total. The predicted molar refractivity (Wildman–Crippen MR) is 126 cm³/mol. The summed E-state index contributed by atoms with van der Waals surface area (Å²) in [7, 11) is -0.764. The van der Waals surface area contributed by atoms with E-state index in [-0.39, 0.29) is 11.9 Å². The Morgan fingerprint density at radius 3 is 2.25 bits per heavy atom. The van der Waals surface area contributed by atoms with Crippen LogP contribution in [0.15, 0.2) is 36.4 Å². The lowest BCUT2D eigenvalue weighted by molar-refractivity contribution is -0.122. The minimum absolute atomic E-state index is 0.246. The largest absolute Gasteiger partial charge is 0.493 e. The number of anilines is 1. The molecule has 2 atom stereocenters. The third-order valence-electron chi connectivity index (χ3n) is 5.94. The number of benzene rings is 2. The quantitative estimate of drug-likeness (QED) is 0.650. The van der Waals surface area contributed by atoms with E-state index in [1.165, 1.54) is 38.2 Å². The highest BCUT2D eigenvalue weighted by molar-refractivity contribution is 7.92. The fraction of sp³-hybridized carbons (Fsp3) is 0.458. The maximum Gasteiger partial charge on any atom is 0.244 e. The van der Waals surface area contributed by atoms with Crippen LogP contribution in [-0.4, -0.2) is 40.8 Å². The molecule has 3 rings (SSSR count). The first-order valence-electron chi connectivity index (χ1n) is 10.8. The van der Waals surface area contributed by atoms with Gasteiger partial charge in [0.05, 0.1) is 32.2 Å². The molecule has 0 fully saturated rings. The summed E-state index contributed by atoms with van der Waals surface area (Å²) in [5, 5.41) is 2.98. The summed E-state index contributed by atoms with van der Waals surface area (Å²) >= 11 is 0. The number of nitrogens with zero attached hydrogens (tertiary/aromatic N) is 1. The summed E-state index contributed by atoms with van der Waals surface area (Å²) in [6.45, 7) is 3.49. The van der Waals surface area contributed by atoms with Gasteiger partial charge in [-0.1, -0.05) is 18.2 Å². The summed E-state index contributed by atoms with van der Waals surface area (Å²) in [6, 6.07) is 9.91. The van der Waals surface area contributed by atoms with Crippen LogP contribution in [0, 0.1) is 0 Å². The van der Waals surface area contributed by atoms with Crippen molar-refractivity contribution in [1.29, 1.82) is 0 Å². The summed E-state index contributed by atoms with van der Waals surface area (Å²) in [6.07, 6.45) is 5.64. The van der Waals surface area contributed by atoms with E-state index in [0.29, 0.717) is 17.2 Å². The Morgan fingerprint density at radius 1 is 0.969 bits per heavy atom. The van der Waals surface area contributed by atoms with Crippen LogP contribution in [-0.2, 0) is 27.7 Å². The molecule has 174 valence electrons. The number of aryl methyl sites for hydroxylation is 2. The van der Waals surface area contributed by atoms with Gasteiger partial charge in [-0.05, 0) is 68.4 Å². The number of rotatable bonds is 8. The number of carbonyl (C=O) groups is 1. The van der Waals surface area contributed by atoms with Crippen LogP contribution >= 0.6 is 0 Å². The zero-order chi connectivity index (χ0) is 23.5. The smallest absolute Gasteiger partial charge is 0.244 e. The Hall–Kier alpha value is -2.74.